The average molecular weight is 223 g/mol. The minimum atomic E-state index is -0.0841. The molecule has 1 unspecified atom stereocenters. The van der Waals surface area contributed by atoms with Gasteiger partial charge in [-0.2, -0.15) is 5.26 Å². The first-order valence-electron chi connectivity index (χ1n) is 4.92. The predicted octanol–water partition coefficient (Wildman–Crippen LogP) is 0.551. The Kier molecular flexibility index (Phi) is 3.23. The Balaban J connectivity index is 1.80. The van der Waals surface area contributed by atoms with Crippen molar-refractivity contribution >= 4 is 11.8 Å². The molecule has 1 saturated carbocycles. The van der Waals surface area contributed by atoms with Gasteiger partial charge in [-0.3, -0.25) is 5.32 Å². The van der Waals surface area contributed by atoms with Crippen LogP contribution in [-0.4, -0.2) is 32.6 Å². The van der Waals surface area contributed by atoms with Crippen LogP contribution in [0.2, 0.25) is 0 Å². The maximum atomic E-state index is 8.93. The van der Waals surface area contributed by atoms with E-state index in [9.17, 15) is 0 Å². The SMILES string of the molecule is Cn1cnnc1SCC(C#N)NC1CC1. The van der Waals surface area contributed by atoms with E-state index in [-0.39, 0.29) is 6.04 Å². The van der Waals surface area contributed by atoms with E-state index in [1.165, 1.54) is 12.8 Å². The lowest BCUT2D eigenvalue weighted by Crippen LogP contribution is -2.31. The second-order valence-electron chi connectivity index (χ2n) is 3.66. The van der Waals surface area contributed by atoms with Gasteiger partial charge < -0.3 is 4.57 Å². The Hall–Kier alpha value is -1.06. The highest BCUT2D eigenvalue weighted by molar-refractivity contribution is 7.99. The minimum absolute atomic E-state index is 0.0841. The van der Waals surface area contributed by atoms with E-state index >= 15 is 0 Å². The Bertz CT molecular complexity index is 365. The largest absolute Gasteiger partial charge is 0.312 e. The van der Waals surface area contributed by atoms with Crippen LogP contribution in [0.1, 0.15) is 12.8 Å². The fourth-order valence-electron chi connectivity index (χ4n) is 1.22. The van der Waals surface area contributed by atoms with Crippen molar-refractivity contribution in [1.29, 1.82) is 5.26 Å². The molecule has 80 valence electrons. The van der Waals surface area contributed by atoms with Crippen LogP contribution in [0.25, 0.3) is 0 Å². The van der Waals surface area contributed by atoms with Crippen molar-refractivity contribution in [3.8, 4) is 6.07 Å². The van der Waals surface area contributed by atoms with Gasteiger partial charge in [0.25, 0.3) is 0 Å². The number of nitrogens with one attached hydrogen (secondary N) is 1. The van der Waals surface area contributed by atoms with Crippen LogP contribution >= 0.6 is 11.8 Å². The average Bonchev–Trinajstić information content (AvgIpc) is 2.96. The van der Waals surface area contributed by atoms with Gasteiger partial charge in [-0.15, -0.1) is 10.2 Å². The summed E-state index contributed by atoms with van der Waals surface area (Å²) < 4.78 is 1.86. The third kappa shape index (κ3) is 2.94. The highest BCUT2D eigenvalue weighted by Crippen LogP contribution is 2.21. The fourth-order valence-corrected chi connectivity index (χ4v) is 2.06. The van der Waals surface area contributed by atoms with Crippen LogP contribution in [0.5, 0.6) is 0 Å². The molecule has 1 aliphatic carbocycles. The zero-order valence-corrected chi connectivity index (χ0v) is 9.37. The van der Waals surface area contributed by atoms with Crippen LogP contribution < -0.4 is 5.32 Å². The Morgan fingerprint density at radius 1 is 1.80 bits per heavy atom. The van der Waals surface area contributed by atoms with Crippen molar-refractivity contribution < 1.29 is 0 Å². The number of hydrogen-bond acceptors (Lipinski definition) is 5. The maximum absolute atomic E-state index is 8.93. The van der Waals surface area contributed by atoms with Crippen molar-refractivity contribution in [3.05, 3.63) is 6.33 Å². The van der Waals surface area contributed by atoms with E-state index < -0.39 is 0 Å². The third-order valence-corrected chi connectivity index (χ3v) is 3.35. The first-order valence-corrected chi connectivity index (χ1v) is 5.90. The lowest BCUT2D eigenvalue weighted by molar-refractivity contribution is 0.642. The fraction of sp³-hybridized carbons (Fsp3) is 0.667. The number of hydrogen-bond donors (Lipinski definition) is 1. The summed E-state index contributed by atoms with van der Waals surface area (Å²) in [5.41, 5.74) is 0. The predicted molar refractivity (Wildman–Crippen MR) is 57.3 cm³/mol. The zero-order valence-electron chi connectivity index (χ0n) is 8.55. The van der Waals surface area contributed by atoms with Gasteiger partial charge in [0, 0.05) is 18.8 Å². The number of aryl methyl sites for hydroxylation is 1. The van der Waals surface area contributed by atoms with Gasteiger partial charge in [0.05, 0.1) is 6.07 Å². The van der Waals surface area contributed by atoms with Gasteiger partial charge in [0.15, 0.2) is 5.16 Å². The molecular weight excluding hydrogens is 210 g/mol. The van der Waals surface area contributed by atoms with Gasteiger partial charge >= 0.3 is 0 Å². The summed E-state index contributed by atoms with van der Waals surface area (Å²) in [7, 11) is 1.90. The first kappa shape index (κ1) is 10.5. The molecule has 0 aromatic carbocycles. The van der Waals surface area contributed by atoms with Gasteiger partial charge in [0.1, 0.15) is 12.4 Å². The molecule has 15 heavy (non-hydrogen) atoms. The Morgan fingerprint density at radius 3 is 3.13 bits per heavy atom. The van der Waals surface area contributed by atoms with E-state index in [1.807, 2.05) is 11.6 Å². The molecular formula is C9H13N5S. The van der Waals surface area contributed by atoms with Crippen molar-refractivity contribution in [1.82, 2.24) is 20.1 Å². The Morgan fingerprint density at radius 2 is 2.60 bits per heavy atom. The molecule has 1 aromatic heterocycles. The number of aromatic nitrogens is 3. The molecule has 5 nitrogen and oxygen atoms in total. The summed E-state index contributed by atoms with van der Waals surface area (Å²) in [4.78, 5) is 0. The van der Waals surface area contributed by atoms with Gasteiger partial charge in [-0.05, 0) is 12.8 Å². The highest BCUT2D eigenvalue weighted by Gasteiger charge is 2.24. The summed E-state index contributed by atoms with van der Waals surface area (Å²) in [5, 5.41) is 20.8. The molecule has 1 atom stereocenters. The van der Waals surface area contributed by atoms with Crippen LogP contribution in [0.3, 0.4) is 0 Å². The molecule has 1 heterocycles. The first-order chi connectivity index (χ1) is 7.29. The minimum Gasteiger partial charge on any atom is -0.312 e. The topological polar surface area (TPSA) is 66.5 Å². The maximum Gasteiger partial charge on any atom is 0.190 e. The van der Waals surface area contributed by atoms with E-state index in [2.05, 4.69) is 21.6 Å². The molecule has 0 aliphatic heterocycles. The summed E-state index contributed by atoms with van der Waals surface area (Å²) in [6.07, 6.45) is 4.07. The number of thioether (sulfide) groups is 1. The lowest BCUT2D eigenvalue weighted by atomic mass is 10.4. The highest BCUT2D eigenvalue weighted by atomic mass is 32.2. The summed E-state index contributed by atoms with van der Waals surface area (Å²) in [6.45, 7) is 0. The van der Waals surface area contributed by atoms with E-state index in [1.54, 1.807) is 18.1 Å². The molecule has 0 saturated heterocycles. The second-order valence-corrected chi connectivity index (χ2v) is 4.65. The summed E-state index contributed by atoms with van der Waals surface area (Å²) >= 11 is 1.56. The second kappa shape index (κ2) is 4.64. The molecule has 0 spiro atoms. The van der Waals surface area contributed by atoms with Crippen molar-refractivity contribution in [2.45, 2.75) is 30.1 Å². The molecule has 1 N–H and O–H groups in total. The molecule has 0 bridgehead atoms. The standard InChI is InChI=1S/C9H13N5S/c1-14-6-11-13-9(14)15-5-8(4-10)12-7-2-3-7/h6-8,12H,2-3,5H2,1H3. The van der Waals surface area contributed by atoms with E-state index in [0.717, 1.165) is 10.9 Å². The normalized spacial score (nSPS) is 17.3. The van der Waals surface area contributed by atoms with Crippen LogP contribution in [-0.2, 0) is 7.05 Å². The lowest BCUT2D eigenvalue weighted by Gasteiger charge is -2.09. The van der Waals surface area contributed by atoms with E-state index in [4.69, 9.17) is 5.26 Å². The molecule has 1 fully saturated rings. The number of nitrogens with zero attached hydrogens (tertiary/aromatic N) is 4. The van der Waals surface area contributed by atoms with Crippen molar-refractivity contribution in [3.63, 3.8) is 0 Å². The quantitative estimate of drug-likeness (QED) is 0.738. The molecule has 0 radical (unpaired) electrons. The smallest absolute Gasteiger partial charge is 0.190 e. The monoisotopic (exact) mass is 223 g/mol. The van der Waals surface area contributed by atoms with Gasteiger partial charge in [-0.1, -0.05) is 11.8 Å². The van der Waals surface area contributed by atoms with Crippen LogP contribution in [0.15, 0.2) is 11.5 Å². The van der Waals surface area contributed by atoms with Crippen LogP contribution in [0, 0.1) is 11.3 Å². The summed E-state index contributed by atoms with van der Waals surface area (Å²) in [5.74, 6) is 0.722. The molecule has 0 amide bonds. The zero-order chi connectivity index (χ0) is 10.7. The van der Waals surface area contributed by atoms with Gasteiger partial charge in [0.2, 0.25) is 0 Å². The van der Waals surface area contributed by atoms with Crippen LogP contribution in [0.4, 0.5) is 0 Å². The number of nitriles is 1. The van der Waals surface area contributed by atoms with Crippen molar-refractivity contribution in [2.24, 2.45) is 7.05 Å². The molecule has 1 aromatic rings. The van der Waals surface area contributed by atoms with Crippen molar-refractivity contribution in [2.75, 3.05) is 5.75 Å². The molecule has 2 rings (SSSR count). The molecule has 1 aliphatic rings. The molecule has 6 heteroatoms. The Labute approximate surface area is 92.9 Å². The van der Waals surface area contributed by atoms with Gasteiger partial charge in [-0.25, -0.2) is 0 Å². The third-order valence-electron chi connectivity index (χ3n) is 2.22. The number of rotatable bonds is 5. The summed E-state index contributed by atoms with van der Waals surface area (Å²) in [6, 6.07) is 2.75. The van der Waals surface area contributed by atoms with E-state index in [0.29, 0.717) is 6.04 Å².